The van der Waals surface area contributed by atoms with Crippen LogP contribution in [0.1, 0.15) is 44.0 Å². The number of alkyl halides is 1. The van der Waals surface area contributed by atoms with Crippen molar-refractivity contribution in [2.24, 2.45) is 5.92 Å². The maximum Gasteiger partial charge on any atom is 0.225 e. The van der Waals surface area contributed by atoms with E-state index in [0.29, 0.717) is 0 Å². The molecule has 22 heavy (non-hydrogen) atoms. The molecule has 1 unspecified atom stereocenters. The summed E-state index contributed by atoms with van der Waals surface area (Å²) in [6.45, 7) is 4.40. The molecule has 1 fully saturated rings. The molecule has 5 heteroatoms. The van der Waals surface area contributed by atoms with Gasteiger partial charge in [0, 0.05) is 24.7 Å². The first-order valence-corrected chi connectivity index (χ1v) is 8.13. The van der Waals surface area contributed by atoms with Crippen LogP contribution in [-0.4, -0.2) is 41.1 Å². The lowest BCUT2D eigenvalue weighted by Gasteiger charge is -2.46. The third-order valence-electron chi connectivity index (χ3n) is 4.61. The van der Waals surface area contributed by atoms with Crippen molar-refractivity contribution in [1.29, 1.82) is 0 Å². The van der Waals surface area contributed by atoms with E-state index in [-0.39, 0.29) is 37.5 Å². The van der Waals surface area contributed by atoms with E-state index in [1.54, 1.807) is 11.1 Å². The summed E-state index contributed by atoms with van der Waals surface area (Å²) in [5, 5.41) is 3.33. The summed E-state index contributed by atoms with van der Waals surface area (Å²) in [4.78, 5) is 17.9. The zero-order valence-electron chi connectivity index (χ0n) is 13.3. The number of fused-ring (bicyclic) bond motifs is 1. The van der Waals surface area contributed by atoms with Gasteiger partial charge in [-0.25, -0.2) is 4.39 Å². The molecular formula is C17H24FN3O. The van der Waals surface area contributed by atoms with Crippen LogP contribution in [0.25, 0.3) is 0 Å². The summed E-state index contributed by atoms with van der Waals surface area (Å²) in [7, 11) is 0. The molecule has 1 amide bonds. The van der Waals surface area contributed by atoms with E-state index in [0.717, 1.165) is 25.0 Å². The molecule has 0 bridgehead atoms. The molecule has 1 aliphatic heterocycles. The van der Waals surface area contributed by atoms with Crippen molar-refractivity contribution in [2.45, 2.75) is 44.8 Å². The molecule has 0 radical (unpaired) electrons. The summed E-state index contributed by atoms with van der Waals surface area (Å²) in [6.07, 6.45) is 4.96. The van der Waals surface area contributed by atoms with Crippen LogP contribution >= 0.6 is 0 Å². The normalized spacial score (nSPS) is 23.1. The molecule has 0 aromatic carbocycles. The topological polar surface area (TPSA) is 45.2 Å². The molecule has 1 N–H and O–H groups in total. The highest BCUT2D eigenvalue weighted by atomic mass is 19.1. The summed E-state index contributed by atoms with van der Waals surface area (Å²) < 4.78 is 14.6. The Morgan fingerprint density at radius 3 is 3.05 bits per heavy atom. The van der Waals surface area contributed by atoms with E-state index in [2.05, 4.69) is 16.4 Å². The molecule has 1 saturated heterocycles. The van der Waals surface area contributed by atoms with Gasteiger partial charge in [0.25, 0.3) is 0 Å². The zero-order chi connectivity index (χ0) is 15.7. The first-order chi connectivity index (χ1) is 10.5. The van der Waals surface area contributed by atoms with E-state index in [1.807, 2.05) is 19.9 Å². The van der Waals surface area contributed by atoms with Gasteiger partial charge in [-0.05, 0) is 30.9 Å². The van der Waals surface area contributed by atoms with Crippen molar-refractivity contribution in [1.82, 2.24) is 15.2 Å². The number of pyridine rings is 1. The van der Waals surface area contributed by atoms with E-state index in [4.69, 9.17) is 0 Å². The Labute approximate surface area is 131 Å². The van der Waals surface area contributed by atoms with Gasteiger partial charge in [-0.2, -0.15) is 0 Å². The smallest absolute Gasteiger partial charge is 0.225 e. The third kappa shape index (κ3) is 3.00. The highest BCUT2D eigenvalue weighted by Gasteiger charge is 2.46. The molecule has 3 rings (SSSR count). The first kappa shape index (κ1) is 15.4. The fraction of sp³-hybridized carbons (Fsp3) is 0.647. The van der Waals surface area contributed by atoms with E-state index >= 15 is 0 Å². The predicted molar refractivity (Wildman–Crippen MR) is 83.2 cm³/mol. The fourth-order valence-corrected chi connectivity index (χ4v) is 3.38. The van der Waals surface area contributed by atoms with E-state index in [9.17, 15) is 9.18 Å². The molecule has 0 saturated carbocycles. The lowest BCUT2D eigenvalue weighted by molar-refractivity contribution is -0.148. The number of hydrogen-bond acceptors (Lipinski definition) is 3. The maximum absolute atomic E-state index is 14.6. The third-order valence-corrected chi connectivity index (χ3v) is 4.61. The number of hydrogen-bond donors (Lipinski definition) is 1. The number of nitrogens with one attached hydrogen (secondary N) is 1. The molecule has 1 aliphatic carbocycles. The van der Waals surface area contributed by atoms with E-state index < -0.39 is 5.67 Å². The van der Waals surface area contributed by atoms with Gasteiger partial charge in [-0.1, -0.05) is 19.9 Å². The number of rotatable bonds is 4. The van der Waals surface area contributed by atoms with E-state index in [1.165, 1.54) is 5.56 Å². The summed E-state index contributed by atoms with van der Waals surface area (Å²) in [5.41, 5.74) is 1.04. The number of nitrogens with zero attached hydrogens (tertiary/aromatic N) is 2. The van der Waals surface area contributed by atoms with Crippen LogP contribution in [0.3, 0.4) is 0 Å². The van der Waals surface area contributed by atoms with Crippen LogP contribution in [0.15, 0.2) is 18.3 Å². The van der Waals surface area contributed by atoms with Gasteiger partial charge in [0.1, 0.15) is 0 Å². The highest BCUT2D eigenvalue weighted by Crippen LogP contribution is 2.30. The fourth-order valence-electron chi connectivity index (χ4n) is 3.38. The second-order valence-electron chi connectivity index (χ2n) is 6.87. The number of aryl methyl sites for hydroxylation is 1. The molecule has 0 spiro atoms. The summed E-state index contributed by atoms with van der Waals surface area (Å²) >= 11 is 0. The van der Waals surface area contributed by atoms with Crippen LogP contribution in [0.4, 0.5) is 4.39 Å². The minimum absolute atomic E-state index is 0.0398. The van der Waals surface area contributed by atoms with Gasteiger partial charge in [0.05, 0.1) is 18.8 Å². The van der Waals surface area contributed by atoms with Gasteiger partial charge < -0.3 is 10.2 Å². The minimum Gasteiger partial charge on any atom is -0.336 e. The van der Waals surface area contributed by atoms with Crippen molar-refractivity contribution in [2.75, 3.05) is 19.6 Å². The average molecular weight is 305 g/mol. The minimum atomic E-state index is -1.29. The largest absolute Gasteiger partial charge is 0.336 e. The van der Waals surface area contributed by atoms with Crippen molar-refractivity contribution in [3.05, 3.63) is 29.6 Å². The Morgan fingerprint density at radius 1 is 1.55 bits per heavy atom. The van der Waals surface area contributed by atoms with Crippen molar-refractivity contribution >= 4 is 5.91 Å². The number of carbonyl (C=O) groups is 1. The van der Waals surface area contributed by atoms with Crippen LogP contribution in [0.5, 0.6) is 0 Å². The van der Waals surface area contributed by atoms with Crippen molar-refractivity contribution < 1.29 is 9.18 Å². The molecule has 1 aromatic heterocycles. The number of amides is 1. The Kier molecular flexibility index (Phi) is 4.17. The summed E-state index contributed by atoms with van der Waals surface area (Å²) in [5.74, 6) is -0.0233. The molecule has 120 valence electrons. The lowest BCUT2D eigenvalue weighted by atomic mass is 9.90. The maximum atomic E-state index is 14.6. The van der Waals surface area contributed by atoms with Gasteiger partial charge in [0.2, 0.25) is 5.91 Å². The Hall–Kier alpha value is -1.49. The number of carbonyl (C=O) groups excluding carboxylic acids is 1. The number of likely N-dealkylation sites (tertiary alicyclic amines) is 1. The molecular weight excluding hydrogens is 281 g/mol. The Bertz CT molecular complexity index is 555. The van der Waals surface area contributed by atoms with Crippen molar-refractivity contribution in [3.63, 3.8) is 0 Å². The van der Waals surface area contributed by atoms with Crippen LogP contribution in [-0.2, 0) is 11.2 Å². The Balaban J connectivity index is 1.55. The average Bonchev–Trinajstić information content (AvgIpc) is 2.49. The van der Waals surface area contributed by atoms with Crippen LogP contribution in [0, 0.1) is 5.92 Å². The second kappa shape index (κ2) is 5.95. The number of aromatic nitrogens is 1. The molecule has 2 heterocycles. The monoisotopic (exact) mass is 305 g/mol. The summed E-state index contributed by atoms with van der Waals surface area (Å²) in [6, 6.07) is 4.19. The van der Waals surface area contributed by atoms with Crippen molar-refractivity contribution in [3.8, 4) is 0 Å². The predicted octanol–water partition coefficient (Wildman–Crippen LogP) is 2.26. The second-order valence-corrected chi connectivity index (χ2v) is 6.87. The molecule has 1 atom stereocenters. The standard InChI is InChI=1S/C17H24FN3O/c1-12(2)16(22)21-10-17(18,11-21)9-20-14-7-3-5-13-6-4-8-19-15(13)14/h4,6,8,12,14,20H,3,5,7,9-11H2,1-2H3. The van der Waals surface area contributed by atoms with Gasteiger partial charge in [0.15, 0.2) is 5.67 Å². The van der Waals surface area contributed by atoms with Crippen LogP contribution < -0.4 is 5.32 Å². The van der Waals surface area contributed by atoms with Gasteiger partial charge in [-0.15, -0.1) is 0 Å². The number of halogens is 1. The van der Waals surface area contributed by atoms with Gasteiger partial charge in [-0.3, -0.25) is 9.78 Å². The lowest BCUT2D eigenvalue weighted by Crippen LogP contribution is -2.65. The molecule has 2 aliphatic rings. The highest BCUT2D eigenvalue weighted by molar-refractivity contribution is 5.79. The molecule has 4 nitrogen and oxygen atoms in total. The first-order valence-electron chi connectivity index (χ1n) is 8.13. The Morgan fingerprint density at radius 2 is 2.32 bits per heavy atom. The SMILES string of the molecule is CC(C)C(=O)N1CC(F)(CNC2CCCc3cccnc32)C1. The van der Waals surface area contributed by atoms with Crippen LogP contribution in [0.2, 0.25) is 0 Å². The quantitative estimate of drug-likeness (QED) is 0.928. The zero-order valence-corrected chi connectivity index (χ0v) is 13.3. The van der Waals surface area contributed by atoms with Gasteiger partial charge >= 0.3 is 0 Å². The molecule has 1 aromatic rings.